The van der Waals surface area contributed by atoms with Crippen molar-refractivity contribution in [2.75, 3.05) is 0 Å². The average molecular weight is 216 g/mol. The second-order valence-electron chi connectivity index (χ2n) is 3.88. The van der Waals surface area contributed by atoms with Crippen LogP contribution in [0.2, 0.25) is 5.02 Å². The molecule has 1 rings (SSSR count). The molecule has 3 heteroatoms. The zero-order chi connectivity index (χ0) is 10.7. The monoisotopic (exact) mass is 215 g/mol. The SMILES string of the molecule is CC(C)C[C@H](N)c1cccc(F)c1Cl. The van der Waals surface area contributed by atoms with Gasteiger partial charge in [-0.15, -0.1) is 0 Å². The Balaban J connectivity index is 2.89. The van der Waals surface area contributed by atoms with E-state index in [2.05, 4.69) is 13.8 Å². The van der Waals surface area contributed by atoms with Crippen LogP contribution in [-0.4, -0.2) is 0 Å². The highest BCUT2D eigenvalue weighted by Gasteiger charge is 2.13. The van der Waals surface area contributed by atoms with Crippen LogP contribution in [-0.2, 0) is 0 Å². The molecular weight excluding hydrogens is 201 g/mol. The van der Waals surface area contributed by atoms with Crippen molar-refractivity contribution in [3.8, 4) is 0 Å². The summed E-state index contributed by atoms with van der Waals surface area (Å²) in [6.45, 7) is 4.15. The van der Waals surface area contributed by atoms with Gasteiger partial charge < -0.3 is 5.73 Å². The first-order chi connectivity index (χ1) is 6.52. The molecule has 1 atom stereocenters. The number of hydrogen-bond donors (Lipinski definition) is 1. The lowest BCUT2D eigenvalue weighted by atomic mass is 9.98. The van der Waals surface area contributed by atoms with Crippen molar-refractivity contribution in [1.82, 2.24) is 0 Å². The molecule has 1 aromatic carbocycles. The number of halogens is 2. The van der Waals surface area contributed by atoms with Gasteiger partial charge in [0.25, 0.3) is 0 Å². The summed E-state index contributed by atoms with van der Waals surface area (Å²) in [7, 11) is 0. The Kier molecular flexibility index (Phi) is 3.90. The average Bonchev–Trinajstić information content (AvgIpc) is 2.08. The molecule has 0 radical (unpaired) electrons. The second kappa shape index (κ2) is 4.76. The standard InChI is InChI=1S/C11H15ClFN/c1-7(2)6-10(14)8-4-3-5-9(13)11(8)12/h3-5,7,10H,6,14H2,1-2H3/t10-/m0/s1. The van der Waals surface area contributed by atoms with E-state index >= 15 is 0 Å². The second-order valence-corrected chi connectivity index (χ2v) is 4.26. The highest BCUT2D eigenvalue weighted by molar-refractivity contribution is 6.31. The van der Waals surface area contributed by atoms with Gasteiger partial charge in [-0.3, -0.25) is 0 Å². The normalized spacial score (nSPS) is 13.3. The van der Waals surface area contributed by atoms with Crippen LogP contribution >= 0.6 is 11.6 Å². The zero-order valence-corrected chi connectivity index (χ0v) is 9.18. The topological polar surface area (TPSA) is 26.0 Å². The lowest BCUT2D eigenvalue weighted by Crippen LogP contribution is -2.13. The van der Waals surface area contributed by atoms with Gasteiger partial charge in [0.15, 0.2) is 0 Å². The summed E-state index contributed by atoms with van der Waals surface area (Å²) in [5.41, 5.74) is 6.61. The summed E-state index contributed by atoms with van der Waals surface area (Å²) in [4.78, 5) is 0. The summed E-state index contributed by atoms with van der Waals surface area (Å²) < 4.78 is 13.1. The summed E-state index contributed by atoms with van der Waals surface area (Å²) in [6.07, 6.45) is 0.809. The Hall–Kier alpha value is -0.600. The van der Waals surface area contributed by atoms with E-state index in [1.165, 1.54) is 6.07 Å². The molecule has 0 saturated carbocycles. The summed E-state index contributed by atoms with van der Waals surface area (Å²) >= 11 is 5.82. The third-order valence-corrected chi connectivity index (χ3v) is 2.51. The van der Waals surface area contributed by atoms with Crippen LogP contribution in [0.1, 0.15) is 31.9 Å². The van der Waals surface area contributed by atoms with Gasteiger partial charge >= 0.3 is 0 Å². The van der Waals surface area contributed by atoms with Crippen molar-refractivity contribution in [2.45, 2.75) is 26.3 Å². The predicted octanol–water partition coefficient (Wildman–Crippen LogP) is 3.53. The molecule has 0 heterocycles. The lowest BCUT2D eigenvalue weighted by molar-refractivity contribution is 0.507. The first kappa shape index (κ1) is 11.5. The van der Waals surface area contributed by atoms with E-state index in [0.717, 1.165) is 6.42 Å². The molecule has 0 aliphatic heterocycles. The van der Waals surface area contributed by atoms with Crippen LogP contribution in [0.4, 0.5) is 4.39 Å². The van der Waals surface area contributed by atoms with Crippen molar-refractivity contribution in [3.63, 3.8) is 0 Å². The minimum atomic E-state index is -0.400. The van der Waals surface area contributed by atoms with Gasteiger partial charge in [0.05, 0.1) is 5.02 Å². The highest BCUT2D eigenvalue weighted by Crippen LogP contribution is 2.27. The molecule has 0 spiro atoms. The van der Waals surface area contributed by atoms with Gasteiger partial charge in [0, 0.05) is 6.04 Å². The molecule has 0 aliphatic rings. The number of benzene rings is 1. The van der Waals surface area contributed by atoms with E-state index in [0.29, 0.717) is 11.5 Å². The fourth-order valence-corrected chi connectivity index (χ4v) is 1.71. The first-order valence-corrected chi connectivity index (χ1v) is 5.09. The lowest BCUT2D eigenvalue weighted by Gasteiger charge is -2.15. The number of rotatable bonds is 3. The molecule has 78 valence electrons. The Bertz CT molecular complexity index is 312. The van der Waals surface area contributed by atoms with Gasteiger partial charge in [0.1, 0.15) is 5.82 Å². The van der Waals surface area contributed by atoms with Crippen LogP contribution in [0.25, 0.3) is 0 Å². The molecule has 1 nitrogen and oxygen atoms in total. The van der Waals surface area contributed by atoms with Crippen molar-refractivity contribution in [3.05, 3.63) is 34.6 Å². The quantitative estimate of drug-likeness (QED) is 0.820. The minimum absolute atomic E-state index is 0.153. The summed E-state index contributed by atoms with van der Waals surface area (Å²) in [5, 5.41) is 0.153. The van der Waals surface area contributed by atoms with E-state index in [-0.39, 0.29) is 11.1 Å². The Morgan fingerprint density at radius 2 is 2.07 bits per heavy atom. The number of nitrogens with two attached hydrogens (primary N) is 1. The molecule has 0 unspecified atom stereocenters. The smallest absolute Gasteiger partial charge is 0.142 e. The highest BCUT2D eigenvalue weighted by atomic mass is 35.5. The van der Waals surface area contributed by atoms with E-state index in [1.807, 2.05) is 0 Å². The maximum absolute atomic E-state index is 13.1. The van der Waals surface area contributed by atoms with Crippen LogP contribution < -0.4 is 5.73 Å². The minimum Gasteiger partial charge on any atom is -0.324 e. The van der Waals surface area contributed by atoms with Crippen molar-refractivity contribution in [1.29, 1.82) is 0 Å². The molecule has 0 aliphatic carbocycles. The molecule has 0 saturated heterocycles. The largest absolute Gasteiger partial charge is 0.324 e. The summed E-state index contributed by atoms with van der Waals surface area (Å²) in [5.74, 6) is 0.0766. The van der Waals surface area contributed by atoms with Crippen molar-refractivity contribution >= 4 is 11.6 Å². The molecule has 0 aromatic heterocycles. The maximum Gasteiger partial charge on any atom is 0.142 e. The van der Waals surface area contributed by atoms with Crippen molar-refractivity contribution < 1.29 is 4.39 Å². The first-order valence-electron chi connectivity index (χ1n) is 4.72. The third-order valence-electron chi connectivity index (χ3n) is 2.11. The Morgan fingerprint density at radius 1 is 1.43 bits per heavy atom. The third kappa shape index (κ3) is 2.69. The number of hydrogen-bond acceptors (Lipinski definition) is 1. The van der Waals surface area contributed by atoms with Gasteiger partial charge in [0.2, 0.25) is 0 Å². The molecule has 14 heavy (non-hydrogen) atoms. The molecule has 2 N–H and O–H groups in total. The van der Waals surface area contributed by atoms with Crippen LogP contribution in [0.15, 0.2) is 18.2 Å². The van der Waals surface area contributed by atoms with Crippen LogP contribution in [0.3, 0.4) is 0 Å². The van der Waals surface area contributed by atoms with Crippen LogP contribution in [0, 0.1) is 11.7 Å². The predicted molar refractivity (Wildman–Crippen MR) is 57.8 cm³/mol. The molecule has 0 bridgehead atoms. The van der Waals surface area contributed by atoms with E-state index in [4.69, 9.17) is 17.3 Å². The molecular formula is C11H15ClFN. The Labute approximate surface area is 89.1 Å². The van der Waals surface area contributed by atoms with Gasteiger partial charge in [-0.05, 0) is 24.0 Å². The zero-order valence-electron chi connectivity index (χ0n) is 8.43. The van der Waals surface area contributed by atoms with E-state index < -0.39 is 5.82 Å². The molecule has 0 fully saturated rings. The summed E-state index contributed by atoms with van der Waals surface area (Å²) in [6, 6.07) is 4.57. The maximum atomic E-state index is 13.1. The fourth-order valence-electron chi connectivity index (χ4n) is 1.44. The van der Waals surface area contributed by atoms with E-state index in [9.17, 15) is 4.39 Å². The molecule has 1 aromatic rings. The Morgan fingerprint density at radius 3 is 2.64 bits per heavy atom. The van der Waals surface area contributed by atoms with Gasteiger partial charge in [-0.25, -0.2) is 4.39 Å². The van der Waals surface area contributed by atoms with E-state index in [1.54, 1.807) is 12.1 Å². The van der Waals surface area contributed by atoms with Crippen LogP contribution in [0.5, 0.6) is 0 Å². The molecule has 0 amide bonds. The van der Waals surface area contributed by atoms with Crippen molar-refractivity contribution in [2.24, 2.45) is 11.7 Å². The van der Waals surface area contributed by atoms with Gasteiger partial charge in [-0.1, -0.05) is 37.6 Å². The van der Waals surface area contributed by atoms with Gasteiger partial charge in [-0.2, -0.15) is 0 Å². The fraction of sp³-hybridized carbons (Fsp3) is 0.455.